The first-order valence-corrected chi connectivity index (χ1v) is 12.6. The van der Waals surface area contributed by atoms with E-state index in [0.29, 0.717) is 11.1 Å². The molecule has 34 heavy (non-hydrogen) atoms. The molecule has 3 aromatic rings. The monoisotopic (exact) mass is 494 g/mol. The molecule has 1 fully saturated rings. The number of β-amino-alcohol motifs (C(OH)–C–C–N with tert-alkyl or cyclic N) is 1. The van der Waals surface area contributed by atoms with Crippen LogP contribution in [0.3, 0.4) is 0 Å². The van der Waals surface area contributed by atoms with E-state index >= 15 is 0 Å². The number of carbonyl (C=O) groups is 2. The van der Waals surface area contributed by atoms with Crippen LogP contribution in [0.15, 0.2) is 36.0 Å². The minimum absolute atomic E-state index is 0.0687. The number of nitrogens with zero attached hydrogens (tertiary/aromatic N) is 5. The Balaban J connectivity index is 1.43. The molecule has 0 aliphatic carbocycles. The molecule has 11 heteroatoms. The SMILES string of the molecule is Cc1ncsc1-c1ccc(CNC(=O)[C@@H]2C[C@@H](O)CN2C(=O)C(C(C)C)n2c[c]([Al])nn2)cc1. The zero-order valence-electron chi connectivity index (χ0n) is 19.4. The van der Waals surface area contributed by atoms with Crippen molar-refractivity contribution in [1.29, 1.82) is 0 Å². The van der Waals surface area contributed by atoms with Crippen molar-refractivity contribution in [2.45, 2.75) is 51.9 Å². The van der Waals surface area contributed by atoms with Gasteiger partial charge >= 0.3 is 0 Å². The Bertz CT molecular complexity index is 1160. The third-order valence-corrected chi connectivity index (χ3v) is 7.23. The van der Waals surface area contributed by atoms with Gasteiger partial charge in [-0.25, -0.2) is 9.67 Å². The van der Waals surface area contributed by atoms with Crippen LogP contribution in [0, 0.1) is 12.8 Å². The number of likely N-dealkylation sites (tertiary alicyclic amines) is 1. The Hall–Kier alpha value is -2.58. The summed E-state index contributed by atoms with van der Waals surface area (Å²) in [6, 6.07) is 6.64. The zero-order chi connectivity index (χ0) is 24.4. The smallest absolute Gasteiger partial charge is 0.248 e. The van der Waals surface area contributed by atoms with Gasteiger partial charge in [0.25, 0.3) is 0 Å². The van der Waals surface area contributed by atoms with Gasteiger partial charge in [-0.2, -0.15) is 5.10 Å². The van der Waals surface area contributed by atoms with Crippen molar-refractivity contribution in [3.05, 3.63) is 47.2 Å². The van der Waals surface area contributed by atoms with E-state index in [0.717, 1.165) is 21.7 Å². The fourth-order valence-corrected chi connectivity index (χ4v) is 5.28. The number of aromatic nitrogens is 4. The maximum absolute atomic E-state index is 13.4. The van der Waals surface area contributed by atoms with Gasteiger partial charge in [0.05, 0.1) is 22.2 Å². The number of hydrogen-bond acceptors (Lipinski definition) is 7. The van der Waals surface area contributed by atoms with E-state index in [2.05, 4.69) is 36.9 Å². The van der Waals surface area contributed by atoms with Crippen molar-refractivity contribution < 1.29 is 14.7 Å². The first kappa shape index (κ1) is 24.5. The molecule has 2 aromatic heterocycles. The highest BCUT2D eigenvalue weighted by Gasteiger charge is 2.42. The summed E-state index contributed by atoms with van der Waals surface area (Å²) in [5.74, 6) is -0.591. The summed E-state index contributed by atoms with van der Waals surface area (Å²) >= 11 is 4.05. The van der Waals surface area contributed by atoms with Crippen LogP contribution in [-0.2, 0) is 16.1 Å². The Morgan fingerprint density at radius 1 is 1.29 bits per heavy atom. The van der Waals surface area contributed by atoms with Gasteiger partial charge in [-0.1, -0.05) is 43.3 Å². The van der Waals surface area contributed by atoms with Gasteiger partial charge in [0.1, 0.15) is 12.1 Å². The summed E-state index contributed by atoms with van der Waals surface area (Å²) in [6.45, 7) is 6.28. The highest BCUT2D eigenvalue weighted by atomic mass is 32.1. The van der Waals surface area contributed by atoms with Crippen molar-refractivity contribution in [3.63, 3.8) is 0 Å². The van der Waals surface area contributed by atoms with E-state index in [1.807, 2.05) is 50.5 Å². The third-order valence-electron chi connectivity index (χ3n) is 5.99. The second kappa shape index (κ2) is 10.4. The molecule has 2 radical (unpaired) electrons. The highest BCUT2D eigenvalue weighted by Crippen LogP contribution is 2.28. The van der Waals surface area contributed by atoms with Gasteiger partial charge in [0, 0.05) is 25.7 Å². The van der Waals surface area contributed by atoms with Crippen molar-refractivity contribution >= 4 is 44.0 Å². The number of carbonyl (C=O) groups excluding carboxylic acids is 2. The number of aliphatic hydroxyl groups excluding tert-OH is 1. The van der Waals surface area contributed by atoms with Crippen LogP contribution in [0.5, 0.6) is 0 Å². The molecule has 0 bridgehead atoms. The largest absolute Gasteiger partial charge is 0.391 e. The lowest BCUT2D eigenvalue weighted by Gasteiger charge is -2.29. The van der Waals surface area contributed by atoms with Crippen LogP contribution >= 0.6 is 11.3 Å². The number of amides is 2. The number of rotatable bonds is 7. The van der Waals surface area contributed by atoms with Crippen LogP contribution < -0.4 is 9.87 Å². The average molecular weight is 495 g/mol. The third kappa shape index (κ3) is 5.23. The lowest BCUT2D eigenvalue weighted by Crippen LogP contribution is -2.49. The fraction of sp³-hybridized carbons (Fsp3) is 0.435. The van der Waals surface area contributed by atoms with Crippen molar-refractivity contribution in [2.24, 2.45) is 5.92 Å². The minimum Gasteiger partial charge on any atom is -0.391 e. The highest BCUT2D eigenvalue weighted by molar-refractivity contribution is 7.13. The molecular weight excluding hydrogens is 467 g/mol. The lowest BCUT2D eigenvalue weighted by atomic mass is 10.0. The number of benzene rings is 1. The fourth-order valence-electron chi connectivity index (χ4n) is 4.27. The first-order chi connectivity index (χ1) is 16.2. The predicted molar refractivity (Wildman–Crippen MR) is 130 cm³/mol. The van der Waals surface area contributed by atoms with Crippen LogP contribution in [0.1, 0.15) is 37.6 Å². The number of hydrogen-bond donors (Lipinski definition) is 2. The van der Waals surface area contributed by atoms with E-state index < -0.39 is 18.2 Å². The average Bonchev–Trinajstić information content (AvgIpc) is 3.52. The summed E-state index contributed by atoms with van der Waals surface area (Å²) in [6.07, 6.45) is 1.15. The van der Waals surface area contributed by atoms with E-state index in [-0.39, 0.29) is 30.7 Å². The molecule has 176 valence electrons. The maximum Gasteiger partial charge on any atom is 0.248 e. The van der Waals surface area contributed by atoms with Gasteiger partial charge in [-0.3, -0.25) is 9.59 Å². The molecule has 2 amide bonds. The Labute approximate surface area is 210 Å². The molecule has 1 unspecified atom stereocenters. The van der Waals surface area contributed by atoms with Crippen molar-refractivity contribution in [2.75, 3.05) is 6.54 Å². The lowest BCUT2D eigenvalue weighted by molar-refractivity contribution is -0.142. The van der Waals surface area contributed by atoms with Gasteiger partial charge < -0.3 is 15.3 Å². The van der Waals surface area contributed by atoms with Crippen molar-refractivity contribution in [1.82, 2.24) is 30.2 Å². The van der Waals surface area contributed by atoms with E-state index in [1.165, 1.54) is 9.58 Å². The molecule has 4 rings (SSSR count). The molecule has 1 aromatic carbocycles. The first-order valence-electron chi connectivity index (χ1n) is 11.2. The molecule has 2 N–H and O–H groups in total. The molecule has 1 aliphatic heterocycles. The molecule has 1 saturated heterocycles. The topological polar surface area (TPSA) is 113 Å². The summed E-state index contributed by atoms with van der Waals surface area (Å²) in [7, 11) is 0. The number of aryl methyl sites for hydroxylation is 1. The Morgan fingerprint density at radius 2 is 2.03 bits per heavy atom. The van der Waals surface area contributed by atoms with Gasteiger partial charge in [-0.05, 0) is 28.5 Å². The molecule has 0 spiro atoms. The minimum atomic E-state index is -0.748. The standard InChI is InChI=1S/C23H27N6O3S.Al/c1-14(2)20(29-9-8-26-27-29)23(32)28-12-18(30)10-19(28)22(31)24-11-16-4-6-17(7-5-16)21-15(3)25-13-33-21;/h4-7,9,13-14,18-20,30H,10-12H2,1-3H3,(H,24,31);/t18-,19+,20?;/m1./s1. The number of aliphatic hydroxyl groups is 1. The van der Waals surface area contributed by atoms with Crippen LogP contribution in [0.25, 0.3) is 10.4 Å². The van der Waals surface area contributed by atoms with Gasteiger partial charge in [0.2, 0.25) is 28.1 Å². The Morgan fingerprint density at radius 3 is 2.62 bits per heavy atom. The second-order valence-electron chi connectivity index (χ2n) is 8.89. The van der Waals surface area contributed by atoms with E-state index in [9.17, 15) is 14.7 Å². The second-order valence-corrected chi connectivity index (χ2v) is 10.3. The molecule has 0 saturated carbocycles. The van der Waals surface area contributed by atoms with Crippen LogP contribution in [-0.4, -0.2) is 76.8 Å². The number of thiazole rings is 1. The predicted octanol–water partition coefficient (Wildman–Crippen LogP) is 0.979. The summed E-state index contributed by atoms with van der Waals surface area (Å²) < 4.78 is 2.16. The molecule has 9 nitrogen and oxygen atoms in total. The zero-order valence-corrected chi connectivity index (χ0v) is 21.4. The van der Waals surface area contributed by atoms with Crippen LogP contribution in [0.2, 0.25) is 0 Å². The van der Waals surface area contributed by atoms with Crippen molar-refractivity contribution in [3.8, 4) is 10.4 Å². The number of nitrogens with one attached hydrogen (secondary N) is 1. The summed E-state index contributed by atoms with van der Waals surface area (Å²) in [5, 5.41) is 21.2. The molecule has 3 heterocycles. The van der Waals surface area contributed by atoms with E-state index in [4.69, 9.17) is 0 Å². The molecule has 3 atom stereocenters. The maximum atomic E-state index is 13.4. The summed E-state index contributed by atoms with van der Waals surface area (Å²) in [5.41, 5.74) is 4.86. The molecule has 1 aliphatic rings. The quantitative estimate of drug-likeness (QED) is 0.474. The van der Waals surface area contributed by atoms with Gasteiger partial charge in [-0.15, -0.1) is 11.3 Å². The Kier molecular flexibility index (Phi) is 7.48. The molecular formula is C23H27AlN6O3S. The van der Waals surface area contributed by atoms with Gasteiger partial charge in [0.15, 0.2) is 0 Å². The summed E-state index contributed by atoms with van der Waals surface area (Å²) in [4.78, 5) is 33.4. The van der Waals surface area contributed by atoms with E-state index in [1.54, 1.807) is 17.5 Å². The normalized spacial score (nSPS) is 18.9. The van der Waals surface area contributed by atoms with Crippen LogP contribution in [0.4, 0.5) is 0 Å².